The van der Waals surface area contributed by atoms with Crippen LogP contribution in [0.15, 0.2) is 353 Å². The molecule has 0 unspecified atom stereocenters. The fourth-order valence-electron chi connectivity index (χ4n) is 13.3. The summed E-state index contributed by atoms with van der Waals surface area (Å²) in [5.41, 5.74) is 19.8. The molecule has 0 saturated heterocycles. The lowest BCUT2D eigenvalue weighted by molar-refractivity contribution is 1.22. The van der Waals surface area contributed by atoms with Crippen LogP contribution in [0.5, 0.6) is 0 Å². The summed E-state index contributed by atoms with van der Waals surface area (Å²) in [7, 11) is 0. The Bertz CT molecular complexity index is 4570. The van der Waals surface area contributed by atoms with E-state index in [2.05, 4.69) is 323 Å². The van der Waals surface area contributed by atoms with Crippen LogP contribution in [0.1, 0.15) is 0 Å². The fourth-order valence-corrected chi connectivity index (χ4v) is 13.3. The molecule has 0 spiro atoms. The lowest BCUT2D eigenvalue weighted by atomic mass is 9.88. The number of hydrogen-bond donors (Lipinski definition) is 0. The minimum Gasteiger partial charge on any atom is -0.308 e. The van der Waals surface area contributed by atoms with E-state index in [1.54, 1.807) is 0 Å². The van der Waals surface area contributed by atoms with Crippen LogP contribution < -0.4 is 19.6 Å². The predicted molar refractivity (Wildman–Crippen MR) is 382 cm³/mol. The van der Waals surface area contributed by atoms with E-state index in [1.807, 2.05) is 49.6 Å². The molecule has 0 radical (unpaired) electrons. The second kappa shape index (κ2) is 24.2. The maximum atomic E-state index is 4.96. The number of hydrogen-bond acceptors (Lipinski definition) is 8. The molecule has 0 bridgehead atoms. The molecule has 0 fully saturated rings. The van der Waals surface area contributed by atoms with Crippen molar-refractivity contribution in [1.82, 2.24) is 19.9 Å². The number of nitrogens with zero attached hydrogens (tertiary/aromatic N) is 8. The van der Waals surface area contributed by atoms with Gasteiger partial charge in [-0.2, -0.15) is 0 Å². The van der Waals surface area contributed by atoms with E-state index in [-0.39, 0.29) is 0 Å². The highest BCUT2D eigenvalue weighted by atomic mass is 15.2. The van der Waals surface area contributed by atoms with Crippen molar-refractivity contribution in [2.75, 3.05) is 19.6 Å². The highest BCUT2D eigenvalue weighted by Gasteiger charge is 2.32. The zero-order valence-corrected chi connectivity index (χ0v) is 50.1. The van der Waals surface area contributed by atoms with E-state index in [9.17, 15) is 0 Å². The van der Waals surface area contributed by atoms with Crippen LogP contribution >= 0.6 is 0 Å². The van der Waals surface area contributed by atoms with Gasteiger partial charge in [0.15, 0.2) is 0 Å². The van der Waals surface area contributed by atoms with Crippen molar-refractivity contribution in [2.24, 2.45) is 0 Å². The third-order valence-corrected chi connectivity index (χ3v) is 17.3. The Morgan fingerprint density at radius 3 is 0.587 bits per heavy atom. The molecule has 4 aromatic heterocycles. The van der Waals surface area contributed by atoms with Gasteiger partial charge in [-0.05, 0) is 107 Å². The van der Waals surface area contributed by atoms with Crippen molar-refractivity contribution in [3.05, 3.63) is 353 Å². The van der Waals surface area contributed by atoms with Crippen molar-refractivity contribution in [1.29, 1.82) is 0 Å². The molecule has 16 rings (SSSR count). The Kier molecular flexibility index (Phi) is 14.4. The van der Waals surface area contributed by atoms with Gasteiger partial charge in [0, 0.05) is 102 Å². The normalized spacial score (nSPS) is 11.3. The second-order valence-corrected chi connectivity index (χ2v) is 22.6. The van der Waals surface area contributed by atoms with E-state index in [0.717, 1.165) is 145 Å². The van der Waals surface area contributed by atoms with Gasteiger partial charge in [-0.3, -0.25) is 19.9 Å². The second-order valence-electron chi connectivity index (χ2n) is 22.6. The highest BCUT2D eigenvalue weighted by molar-refractivity contribution is 6.33. The number of benzene rings is 12. The molecule has 16 aromatic rings. The summed E-state index contributed by atoms with van der Waals surface area (Å²) in [5, 5.41) is 6.28. The van der Waals surface area contributed by atoms with Gasteiger partial charge < -0.3 is 19.6 Å². The van der Waals surface area contributed by atoms with Crippen molar-refractivity contribution in [3.63, 3.8) is 0 Å². The van der Waals surface area contributed by atoms with Gasteiger partial charge in [0.2, 0.25) is 0 Å². The first-order chi connectivity index (χ1) is 45.7. The largest absolute Gasteiger partial charge is 0.308 e. The standard InChI is InChI=1S/C84H58N8/c1-9-25-59(26-10-1)67-45-49-85-55-79(67)89(63-33-17-5-18-34-63)75-53-76(90(64-35-19-6-20-36-64)80-56-86-50-46-68(80)60-27-11-2-12-28-60)72-43-44-74-78(92(66-39-23-8-24-40-66)82-58-88-52-48-70(82)62-31-15-4-16-32-62)54-77(73-42-41-71(75)83(72)84(73)74)91(65-37-21-7-22-38-65)81-57-87-51-47-69(81)61-29-13-3-14-30-61/h1-58H. The minimum atomic E-state index is 0.922. The fraction of sp³-hybridized carbons (Fsp3) is 0. The van der Waals surface area contributed by atoms with Crippen LogP contribution in [-0.4, -0.2) is 19.9 Å². The number of para-hydroxylation sites is 4. The van der Waals surface area contributed by atoms with E-state index >= 15 is 0 Å². The van der Waals surface area contributed by atoms with Gasteiger partial charge in [0.1, 0.15) is 0 Å². The zero-order valence-electron chi connectivity index (χ0n) is 50.1. The molecule has 4 heterocycles. The molecule has 0 atom stereocenters. The first-order valence-corrected chi connectivity index (χ1v) is 30.9. The third kappa shape index (κ3) is 9.94. The van der Waals surface area contributed by atoms with Crippen LogP contribution in [0.4, 0.5) is 68.2 Å². The van der Waals surface area contributed by atoms with Crippen molar-refractivity contribution >= 4 is 101 Å². The first-order valence-electron chi connectivity index (χ1n) is 30.9. The molecular formula is C84H58N8. The lowest BCUT2D eigenvalue weighted by Gasteiger charge is -2.35. The molecule has 0 aliphatic heterocycles. The van der Waals surface area contributed by atoms with E-state index in [0.29, 0.717) is 0 Å². The number of pyridine rings is 4. The maximum Gasteiger partial charge on any atom is 0.0723 e. The van der Waals surface area contributed by atoms with E-state index < -0.39 is 0 Å². The van der Waals surface area contributed by atoms with Crippen LogP contribution in [0.3, 0.4) is 0 Å². The lowest BCUT2D eigenvalue weighted by Crippen LogP contribution is -2.17. The zero-order chi connectivity index (χ0) is 61.2. The highest BCUT2D eigenvalue weighted by Crippen LogP contribution is 2.57. The van der Waals surface area contributed by atoms with Crippen LogP contribution in [0, 0.1) is 0 Å². The Morgan fingerprint density at radius 1 is 0.185 bits per heavy atom. The van der Waals surface area contributed by atoms with Gasteiger partial charge in [-0.1, -0.05) is 218 Å². The molecule has 8 nitrogen and oxygen atoms in total. The maximum absolute atomic E-state index is 4.96. The van der Waals surface area contributed by atoms with E-state index in [1.165, 1.54) is 0 Å². The Labute approximate surface area is 534 Å². The summed E-state index contributed by atoms with van der Waals surface area (Å²) >= 11 is 0. The van der Waals surface area contributed by atoms with Crippen molar-refractivity contribution < 1.29 is 0 Å². The SMILES string of the molecule is c1ccc(-c2ccncc2N(c2ccccc2)c2cc(N(c3ccccc3)c3cnccc3-c3ccccc3)c3ccc4c(N(c5ccccc5)c5cnccc5-c5ccccc5)cc(N(c5ccccc5)c5cnccc5-c5ccccc5)c5ccc2c3c54)cc1. The Morgan fingerprint density at radius 2 is 0.380 bits per heavy atom. The van der Waals surface area contributed by atoms with Crippen LogP contribution in [-0.2, 0) is 0 Å². The van der Waals surface area contributed by atoms with Gasteiger partial charge in [0.25, 0.3) is 0 Å². The topological polar surface area (TPSA) is 64.5 Å². The first kappa shape index (κ1) is 54.8. The monoisotopic (exact) mass is 1180 g/mol. The molecule has 12 aromatic carbocycles. The molecule has 8 heteroatoms. The molecule has 0 aliphatic rings. The third-order valence-electron chi connectivity index (χ3n) is 17.3. The molecule has 0 saturated carbocycles. The smallest absolute Gasteiger partial charge is 0.0723 e. The average Bonchev–Trinajstić information content (AvgIpc) is 0.703. The van der Waals surface area contributed by atoms with Gasteiger partial charge in [0.05, 0.1) is 70.3 Å². The Balaban J connectivity index is 1.11. The number of rotatable bonds is 16. The van der Waals surface area contributed by atoms with Crippen LogP contribution in [0.2, 0.25) is 0 Å². The molecule has 92 heavy (non-hydrogen) atoms. The summed E-state index contributed by atoms with van der Waals surface area (Å²) < 4.78 is 0. The van der Waals surface area contributed by atoms with Crippen molar-refractivity contribution in [3.8, 4) is 44.5 Å². The molecular weight excluding hydrogens is 1120 g/mol. The summed E-state index contributed by atoms with van der Waals surface area (Å²) in [5.74, 6) is 0. The summed E-state index contributed by atoms with van der Waals surface area (Å²) in [6.45, 7) is 0. The summed E-state index contributed by atoms with van der Waals surface area (Å²) in [4.78, 5) is 29.5. The van der Waals surface area contributed by atoms with Gasteiger partial charge >= 0.3 is 0 Å². The molecule has 434 valence electrons. The summed E-state index contributed by atoms with van der Waals surface area (Å²) in [6, 6.07) is 108. The molecule has 0 N–H and O–H groups in total. The average molecular weight is 1180 g/mol. The quantitative estimate of drug-likeness (QED) is 0.0887. The van der Waals surface area contributed by atoms with Crippen LogP contribution in [0.25, 0.3) is 76.8 Å². The predicted octanol–water partition coefficient (Wildman–Crippen LogP) is 22.7. The number of anilines is 12. The van der Waals surface area contributed by atoms with Gasteiger partial charge in [-0.25, -0.2) is 0 Å². The number of aromatic nitrogens is 4. The van der Waals surface area contributed by atoms with E-state index in [4.69, 9.17) is 19.9 Å². The summed E-state index contributed by atoms with van der Waals surface area (Å²) in [6.07, 6.45) is 15.6. The Hall–Kier alpha value is -12.5. The molecule has 0 aliphatic carbocycles. The van der Waals surface area contributed by atoms with Crippen molar-refractivity contribution in [2.45, 2.75) is 0 Å². The molecule has 0 amide bonds. The van der Waals surface area contributed by atoms with Gasteiger partial charge in [-0.15, -0.1) is 0 Å². The minimum absolute atomic E-state index is 0.922.